The van der Waals surface area contributed by atoms with Gasteiger partial charge in [0.1, 0.15) is 0 Å². The lowest BCUT2D eigenvalue weighted by Gasteiger charge is -2.24. The van der Waals surface area contributed by atoms with Gasteiger partial charge in [0.05, 0.1) is 5.52 Å². The van der Waals surface area contributed by atoms with Crippen molar-refractivity contribution >= 4 is 32.4 Å². The van der Waals surface area contributed by atoms with Gasteiger partial charge in [-0.2, -0.15) is 0 Å². The Labute approximate surface area is 735 Å². The van der Waals surface area contributed by atoms with Crippen molar-refractivity contribution in [2.24, 2.45) is 0 Å². The van der Waals surface area contributed by atoms with E-state index in [-0.39, 0.29) is 21.7 Å². The van der Waals surface area contributed by atoms with Crippen LogP contribution in [0, 0.1) is 0 Å². The SMILES string of the molecule is CC(C)(C)c1ccc(-c2cc(-c3ccccc3)cc(-c3ccccc3)c2)cc1.CC(C)(C)c1ccc(-c2cc3ccccc3c3ccccc23)cc1.CC(C)(C)c1cccc(-c2cccc(-c3cc(-c4ccccc4)c(-c4ccccc4)c(-c4ccccc4)c3-c3ccccc3)c2)c1.CC(C)(C)c1cccc(-c2cccc(-c3cccc4cccnc34)c2)c1. The van der Waals surface area contributed by atoms with Gasteiger partial charge >= 0.3 is 0 Å². The molecule has 0 saturated carbocycles. The lowest BCUT2D eigenvalue weighted by atomic mass is 9.78. The summed E-state index contributed by atoms with van der Waals surface area (Å²) in [6.07, 6.45) is 1.86. The van der Waals surface area contributed by atoms with E-state index in [0.717, 1.165) is 5.52 Å². The second-order valence-electron chi connectivity index (χ2n) is 36.6. The van der Waals surface area contributed by atoms with E-state index in [1.54, 1.807) is 0 Å². The highest BCUT2D eigenvalue weighted by Crippen LogP contribution is 2.51. The molecule has 1 heterocycles. The predicted octanol–water partition coefficient (Wildman–Crippen LogP) is 34.8. The van der Waals surface area contributed by atoms with Gasteiger partial charge in [-0.3, -0.25) is 4.98 Å². The molecule has 18 aromatic carbocycles. The van der Waals surface area contributed by atoms with Crippen molar-refractivity contribution in [1.29, 1.82) is 0 Å². The molecular weight excluding hydrogens is 1490 g/mol. The van der Waals surface area contributed by atoms with Gasteiger partial charge in [-0.15, -0.1) is 0 Å². The standard InChI is InChI=1S/C46H38.C28H26.C25H23N.C24H22/c1-46(2,3)40-29-17-27-38(31-40)37-26-16-28-39(30-37)42-32-41(33-18-8-4-9-19-33)43(34-20-10-5-11-21-34)45(36-24-14-7-15-25-36)44(42)35-22-12-6-13-23-35;1-28(2,3)27-16-14-23(15-17-27)26-19-24(21-10-6-4-7-11-21)18-25(20-26)22-12-8-5-9-13-22;1-25(2,3)22-13-5-10-20(17-22)19-9-4-11-21(16-19)23-14-6-8-18-12-7-15-26-24(18)23;1-24(2,3)19-14-12-17(13-15-19)23-16-18-8-4-5-9-20(18)21-10-6-7-11-22(21)23/h4-32H,1-3H3;4-20H,1-3H3;4-17H,1-3H3;4-16H,1-3H3. The largest absolute Gasteiger partial charge is 0.256 e. The van der Waals surface area contributed by atoms with E-state index in [0.29, 0.717) is 0 Å². The molecule has 0 atom stereocenters. The molecule has 0 radical (unpaired) electrons. The highest BCUT2D eigenvalue weighted by molar-refractivity contribution is 6.14. The summed E-state index contributed by atoms with van der Waals surface area (Å²) >= 11 is 0. The van der Waals surface area contributed by atoms with Crippen LogP contribution in [0.5, 0.6) is 0 Å². The lowest BCUT2D eigenvalue weighted by molar-refractivity contribution is 0.590. The smallest absolute Gasteiger partial charge is 0.0780 e. The Balaban J connectivity index is 0.000000127. The third-order valence-electron chi connectivity index (χ3n) is 23.8. The van der Waals surface area contributed by atoms with Crippen LogP contribution in [-0.4, -0.2) is 4.98 Å². The molecule has 0 spiro atoms. The van der Waals surface area contributed by atoms with Crippen LogP contribution in [0.3, 0.4) is 0 Å². The van der Waals surface area contributed by atoms with Crippen LogP contribution in [0.25, 0.3) is 166 Å². The first-order valence-electron chi connectivity index (χ1n) is 43.6. The first-order chi connectivity index (χ1) is 60.0. The van der Waals surface area contributed by atoms with Crippen LogP contribution in [-0.2, 0) is 21.7 Å². The molecule has 1 nitrogen and oxygen atoms in total. The zero-order valence-electron chi connectivity index (χ0n) is 73.6. The fourth-order valence-corrected chi connectivity index (χ4v) is 16.9. The molecule has 0 unspecified atom stereocenters. The first kappa shape index (κ1) is 83.5. The first-order valence-corrected chi connectivity index (χ1v) is 43.6. The number of hydrogen-bond acceptors (Lipinski definition) is 1. The molecule has 0 fully saturated rings. The van der Waals surface area contributed by atoms with E-state index in [2.05, 4.69) is 519 Å². The maximum absolute atomic E-state index is 4.61. The maximum atomic E-state index is 4.61. The fraction of sp³-hybridized carbons (Fsp3) is 0.130. The second kappa shape index (κ2) is 36.7. The van der Waals surface area contributed by atoms with Gasteiger partial charge in [-0.25, -0.2) is 0 Å². The van der Waals surface area contributed by atoms with Crippen molar-refractivity contribution in [2.75, 3.05) is 0 Å². The Kier molecular flexibility index (Phi) is 24.7. The Morgan fingerprint density at radius 3 is 0.903 bits per heavy atom. The van der Waals surface area contributed by atoms with Gasteiger partial charge in [0.15, 0.2) is 0 Å². The summed E-state index contributed by atoms with van der Waals surface area (Å²) in [5.74, 6) is 0. The van der Waals surface area contributed by atoms with E-state index in [4.69, 9.17) is 0 Å². The van der Waals surface area contributed by atoms with Crippen molar-refractivity contribution in [1.82, 2.24) is 4.98 Å². The van der Waals surface area contributed by atoms with Gasteiger partial charge in [0.25, 0.3) is 0 Å². The summed E-state index contributed by atoms with van der Waals surface area (Å²) in [7, 11) is 0. The average molecular weight is 1600 g/mol. The van der Waals surface area contributed by atoms with Crippen LogP contribution < -0.4 is 0 Å². The van der Waals surface area contributed by atoms with Crippen molar-refractivity contribution in [3.8, 4) is 134 Å². The van der Waals surface area contributed by atoms with Gasteiger partial charge in [0, 0.05) is 17.1 Å². The van der Waals surface area contributed by atoms with Gasteiger partial charge in [-0.05, 0) is 242 Å². The zero-order chi connectivity index (χ0) is 86.0. The minimum atomic E-state index is 0.0799. The van der Waals surface area contributed by atoms with Crippen molar-refractivity contribution in [3.63, 3.8) is 0 Å². The molecule has 0 aliphatic carbocycles. The zero-order valence-corrected chi connectivity index (χ0v) is 73.6. The highest BCUT2D eigenvalue weighted by Gasteiger charge is 2.26. The molecule has 606 valence electrons. The summed E-state index contributed by atoms with van der Waals surface area (Å²) in [5, 5.41) is 6.43. The molecule has 19 aromatic rings. The number of nitrogens with zero attached hydrogens (tertiary/aromatic N) is 1. The van der Waals surface area contributed by atoms with E-state index in [1.807, 2.05) is 12.3 Å². The molecule has 1 aromatic heterocycles. The summed E-state index contributed by atoms with van der Waals surface area (Å²) in [6.45, 7) is 27.1. The molecule has 0 aliphatic rings. The van der Waals surface area contributed by atoms with Crippen LogP contribution in [0.1, 0.15) is 105 Å². The minimum absolute atomic E-state index is 0.0799. The molecule has 0 saturated heterocycles. The fourth-order valence-electron chi connectivity index (χ4n) is 16.9. The summed E-state index contributed by atoms with van der Waals surface area (Å²) in [5.41, 5.74) is 36.6. The highest BCUT2D eigenvalue weighted by atomic mass is 14.6. The summed E-state index contributed by atoms with van der Waals surface area (Å²) < 4.78 is 0. The Bertz CT molecular complexity index is 6790. The molecule has 0 N–H and O–H groups in total. The van der Waals surface area contributed by atoms with Crippen LogP contribution in [0.15, 0.2) is 443 Å². The minimum Gasteiger partial charge on any atom is -0.256 e. The average Bonchev–Trinajstić information content (AvgIpc) is 0.746. The number of pyridine rings is 1. The van der Waals surface area contributed by atoms with Crippen LogP contribution in [0.2, 0.25) is 0 Å². The normalized spacial score (nSPS) is 11.5. The van der Waals surface area contributed by atoms with Crippen molar-refractivity contribution < 1.29 is 0 Å². The lowest BCUT2D eigenvalue weighted by Crippen LogP contribution is -2.10. The Morgan fingerprint density at radius 2 is 0.452 bits per heavy atom. The molecule has 124 heavy (non-hydrogen) atoms. The topological polar surface area (TPSA) is 12.9 Å². The van der Waals surface area contributed by atoms with E-state index >= 15 is 0 Å². The Morgan fingerprint density at radius 1 is 0.153 bits per heavy atom. The van der Waals surface area contributed by atoms with Crippen LogP contribution >= 0.6 is 0 Å². The second-order valence-corrected chi connectivity index (χ2v) is 36.6. The number of rotatable bonds is 12. The number of hydrogen-bond donors (Lipinski definition) is 0. The molecule has 0 bridgehead atoms. The van der Waals surface area contributed by atoms with E-state index < -0.39 is 0 Å². The summed E-state index contributed by atoms with van der Waals surface area (Å²) in [4.78, 5) is 4.61. The number of benzene rings is 18. The predicted molar refractivity (Wildman–Crippen MR) is 536 cm³/mol. The molecule has 0 aliphatic heterocycles. The monoisotopic (exact) mass is 1600 g/mol. The van der Waals surface area contributed by atoms with E-state index in [9.17, 15) is 0 Å². The third kappa shape index (κ3) is 19.3. The number of fused-ring (bicyclic) bond motifs is 4. The Hall–Kier alpha value is -14.1. The third-order valence-corrected chi connectivity index (χ3v) is 23.8. The van der Waals surface area contributed by atoms with E-state index in [1.165, 1.54) is 183 Å². The molecule has 19 rings (SSSR count). The van der Waals surface area contributed by atoms with Crippen molar-refractivity contribution in [3.05, 3.63) is 465 Å². The molecule has 0 amide bonds. The molecule has 1 heteroatoms. The molecular formula is C123H109N. The summed E-state index contributed by atoms with van der Waals surface area (Å²) in [6, 6.07) is 158. The number of aromatic nitrogens is 1. The van der Waals surface area contributed by atoms with Gasteiger partial charge in [-0.1, -0.05) is 471 Å². The van der Waals surface area contributed by atoms with Crippen molar-refractivity contribution in [2.45, 2.75) is 105 Å². The number of para-hydroxylation sites is 1. The van der Waals surface area contributed by atoms with Gasteiger partial charge < -0.3 is 0 Å². The van der Waals surface area contributed by atoms with Gasteiger partial charge in [0.2, 0.25) is 0 Å². The quantitative estimate of drug-likeness (QED) is 0.111. The van der Waals surface area contributed by atoms with Crippen LogP contribution in [0.4, 0.5) is 0 Å². The maximum Gasteiger partial charge on any atom is 0.0780 e.